The van der Waals surface area contributed by atoms with E-state index in [0.29, 0.717) is 43.5 Å². The smallest absolute Gasteiger partial charge is 0.251 e. The summed E-state index contributed by atoms with van der Waals surface area (Å²) in [6.45, 7) is 8.15. The van der Waals surface area contributed by atoms with Crippen molar-refractivity contribution in [2.24, 2.45) is 16.7 Å². The molecule has 2 N–H and O–H groups in total. The van der Waals surface area contributed by atoms with E-state index in [1.54, 1.807) is 19.2 Å². The van der Waals surface area contributed by atoms with E-state index in [9.17, 15) is 13.2 Å². The van der Waals surface area contributed by atoms with Crippen molar-refractivity contribution in [1.29, 1.82) is 0 Å². The molecule has 2 bridgehead atoms. The standard InChI is InChI=1S/C22H33N3O4S/c1-21(2)16-7-8-22(3,14-16)20(21)24-19(26)15-5-6-17(23-4)18(13-15)30(27,28)25-9-11-29-12-10-25/h5-6,13,16,20,23H,7-12,14H2,1-4H3,(H,24,26)/t16-,20?,22+/m1/s1. The highest BCUT2D eigenvalue weighted by molar-refractivity contribution is 7.89. The number of nitrogens with one attached hydrogen (secondary N) is 2. The van der Waals surface area contributed by atoms with Gasteiger partial charge in [-0.2, -0.15) is 4.31 Å². The molecule has 3 fully saturated rings. The molecule has 1 saturated heterocycles. The summed E-state index contributed by atoms with van der Waals surface area (Å²) in [7, 11) is -2.03. The van der Waals surface area contributed by atoms with Crippen LogP contribution in [0.15, 0.2) is 23.1 Å². The van der Waals surface area contributed by atoms with Gasteiger partial charge < -0.3 is 15.4 Å². The zero-order valence-corrected chi connectivity index (χ0v) is 19.1. The average Bonchev–Trinajstić information content (AvgIpc) is 3.22. The maximum absolute atomic E-state index is 13.2. The van der Waals surface area contributed by atoms with Gasteiger partial charge in [-0.15, -0.1) is 0 Å². The van der Waals surface area contributed by atoms with E-state index in [1.165, 1.54) is 16.8 Å². The third-order valence-corrected chi connectivity index (χ3v) is 9.58. The summed E-state index contributed by atoms with van der Waals surface area (Å²) in [5.74, 6) is 0.416. The molecule has 1 aromatic rings. The van der Waals surface area contributed by atoms with Crippen molar-refractivity contribution in [1.82, 2.24) is 9.62 Å². The van der Waals surface area contributed by atoms with Crippen molar-refractivity contribution in [3.05, 3.63) is 23.8 Å². The number of nitrogens with zero attached hydrogens (tertiary/aromatic N) is 1. The second-order valence-corrected chi connectivity index (χ2v) is 11.7. The molecule has 3 atom stereocenters. The molecule has 166 valence electrons. The van der Waals surface area contributed by atoms with Gasteiger partial charge in [0, 0.05) is 31.7 Å². The molecular formula is C22H33N3O4S. The molecule has 0 aromatic heterocycles. The number of carbonyl (C=O) groups excluding carboxylic acids is 1. The van der Waals surface area contributed by atoms with Gasteiger partial charge in [0.1, 0.15) is 4.90 Å². The molecule has 4 rings (SSSR count). The highest BCUT2D eigenvalue weighted by Gasteiger charge is 2.59. The number of hydrogen-bond donors (Lipinski definition) is 2. The third kappa shape index (κ3) is 3.42. The molecular weight excluding hydrogens is 402 g/mol. The first-order valence-electron chi connectivity index (χ1n) is 10.8. The number of morpholine rings is 1. The van der Waals surface area contributed by atoms with E-state index < -0.39 is 10.0 Å². The van der Waals surface area contributed by atoms with E-state index in [-0.39, 0.29) is 27.7 Å². The van der Waals surface area contributed by atoms with Crippen molar-refractivity contribution in [3.63, 3.8) is 0 Å². The lowest BCUT2D eigenvalue weighted by Gasteiger charge is -2.43. The van der Waals surface area contributed by atoms with Gasteiger partial charge in [-0.1, -0.05) is 20.8 Å². The SMILES string of the molecule is CNc1ccc(C(=O)NC2C(C)(C)[C@@H]3CC[C@@]2(C)C3)cc1S(=O)(=O)N1CCOCC1. The van der Waals surface area contributed by atoms with Gasteiger partial charge in [-0.3, -0.25) is 4.79 Å². The fraction of sp³-hybridized carbons (Fsp3) is 0.682. The fourth-order valence-electron chi connectivity index (χ4n) is 5.89. The van der Waals surface area contributed by atoms with Crippen LogP contribution in [0, 0.1) is 16.7 Å². The molecule has 8 heteroatoms. The van der Waals surface area contributed by atoms with Crippen molar-refractivity contribution in [3.8, 4) is 0 Å². The Morgan fingerprint density at radius 1 is 1.20 bits per heavy atom. The van der Waals surface area contributed by atoms with Crippen molar-refractivity contribution >= 4 is 21.6 Å². The number of ether oxygens (including phenoxy) is 1. The Kier molecular flexibility index (Phi) is 5.39. The van der Waals surface area contributed by atoms with Crippen LogP contribution in [0.25, 0.3) is 0 Å². The van der Waals surface area contributed by atoms with Crippen LogP contribution in [-0.4, -0.2) is 58.0 Å². The van der Waals surface area contributed by atoms with Crippen LogP contribution in [0.4, 0.5) is 5.69 Å². The minimum Gasteiger partial charge on any atom is -0.387 e. The predicted molar refractivity (Wildman–Crippen MR) is 116 cm³/mol. The first kappa shape index (κ1) is 21.6. The van der Waals surface area contributed by atoms with Crippen LogP contribution in [0.1, 0.15) is 50.4 Å². The molecule has 1 unspecified atom stereocenters. The second kappa shape index (κ2) is 7.50. The number of anilines is 1. The Morgan fingerprint density at radius 2 is 1.90 bits per heavy atom. The van der Waals surface area contributed by atoms with Crippen LogP contribution in [0.5, 0.6) is 0 Å². The topological polar surface area (TPSA) is 87.7 Å². The van der Waals surface area contributed by atoms with E-state index in [1.807, 2.05) is 0 Å². The third-order valence-electron chi connectivity index (χ3n) is 7.65. The Bertz CT molecular complexity index is 935. The van der Waals surface area contributed by atoms with E-state index >= 15 is 0 Å². The van der Waals surface area contributed by atoms with Crippen LogP contribution >= 0.6 is 0 Å². The Hall–Kier alpha value is -1.64. The van der Waals surface area contributed by atoms with E-state index in [0.717, 1.165) is 12.8 Å². The molecule has 7 nitrogen and oxygen atoms in total. The van der Waals surface area contributed by atoms with Crippen LogP contribution in [-0.2, 0) is 14.8 Å². The molecule has 0 spiro atoms. The molecule has 3 aliphatic rings. The maximum Gasteiger partial charge on any atom is 0.251 e. The van der Waals surface area contributed by atoms with E-state index in [2.05, 4.69) is 31.4 Å². The van der Waals surface area contributed by atoms with Gasteiger partial charge in [-0.25, -0.2) is 8.42 Å². The first-order valence-corrected chi connectivity index (χ1v) is 12.2. The quantitative estimate of drug-likeness (QED) is 0.743. The Morgan fingerprint density at radius 3 is 2.50 bits per heavy atom. The minimum atomic E-state index is -3.72. The van der Waals surface area contributed by atoms with Crippen molar-refractivity contribution in [2.75, 3.05) is 38.7 Å². The zero-order valence-electron chi connectivity index (χ0n) is 18.3. The van der Waals surface area contributed by atoms with Crippen LogP contribution < -0.4 is 10.6 Å². The monoisotopic (exact) mass is 435 g/mol. The number of hydrogen-bond acceptors (Lipinski definition) is 5. The largest absolute Gasteiger partial charge is 0.387 e. The summed E-state index contributed by atoms with van der Waals surface area (Å²) in [4.78, 5) is 13.3. The number of sulfonamides is 1. The highest BCUT2D eigenvalue weighted by Crippen LogP contribution is 2.62. The van der Waals surface area contributed by atoms with Crippen molar-refractivity contribution < 1.29 is 17.9 Å². The Labute approximate surface area is 179 Å². The van der Waals surface area contributed by atoms with Gasteiger partial charge >= 0.3 is 0 Å². The van der Waals surface area contributed by atoms with Crippen LogP contribution in [0.2, 0.25) is 0 Å². The van der Waals surface area contributed by atoms with Crippen LogP contribution in [0.3, 0.4) is 0 Å². The van der Waals surface area contributed by atoms with Gasteiger partial charge in [0.2, 0.25) is 10.0 Å². The number of carbonyl (C=O) groups is 1. The lowest BCUT2D eigenvalue weighted by atomic mass is 9.68. The fourth-order valence-corrected chi connectivity index (χ4v) is 7.52. The highest BCUT2D eigenvalue weighted by atomic mass is 32.2. The maximum atomic E-state index is 13.2. The lowest BCUT2D eigenvalue weighted by Crippen LogP contribution is -2.52. The van der Waals surface area contributed by atoms with Gasteiger partial charge in [0.25, 0.3) is 5.91 Å². The predicted octanol–water partition coefficient (Wildman–Crippen LogP) is 2.69. The normalized spacial score (nSPS) is 30.9. The summed E-state index contributed by atoms with van der Waals surface area (Å²) in [6.07, 6.45) is 3.48. The molecule has 30 heavy (non-hydrogen) atoms. The number of rotatable bonds is 5. The summed E-state index contributed by atoms with van der Waals surface area (Å²) >= 11 is 0. The van der Waals surface area contributed by atoms with E-state index in [4.69, 9.17) is 4.74 Å². The average molecular weight is 436 g/mol. The Balaban J connectivity index is 1.62. The second-order valence-electron chi connectivity index (χ2n) is 9.80. The number of benzene rings is 1. The first-order chi connectivity index (χ1) is 14.1. The molecule has 1 heterocycles. The van der Waals surface area contributed by atoms with Crippen molar-refractivity contribution in [2.45, 2.75) is 51.0 Å². The summed E-state index contributed by atoms with van der Waals surface area (Å²) in [5, 5.41) is 6.22. The molecule has 1 aliphatic heterocycles. The zero-order chi connectivity index (χ0) is 21.7. The molecule has 2 aliphatic carbocycles. The minimum absolute atomic E-state index is 0.0380. The summed E-state index contributed by atoms with van der Waals surface area (Å²) < 4.78 is 33.2. The number of amides is 1. The summed E-state index contributed by atoms with van der Waals surface area (Å²) in [5.41, 5.74) is 1.02. The molecule has 1 aromatic carbocycles. The lowest BCUT2D eigenvalue weighted by molar-refractivity contribution is 0.0729. The summed E-state index contributed by atoms with van der Waals surface area (Å²) in [6, 6.07) is 4.96. The molecule has 0 radical (unpaired) electrons. The molecule has 1 amide bonds. The van der Waals surface area contributed by atoms with Gasteiger partial charge in [0.15, 0.2) is 0 Å². The number of fused-ring (bicyclic) bond motifs is 2. The molecule has 2 saturated carbocycles. The van der Waals surface area contributed by atoms with Gasteiger partial charge in [0.05, 0.1) is 18.9 Å². The van der Waals surface area contributed by atoms with Gasteiger partial charge in [-0.05, 0) is 54.2 Å².